The number of hydrogen-bond donors (Lipinski definition) is 1. The lowest BCUT2D eigenvalue weighted by Gasteiger charge is -2.20. The molecule has 0 radical (unpaired) electrons. The molecule has 170 valence electrons. The number of hydrazone groups is 1. The van der Waals surface area contributed by atoms with Gasteiger partial charge in [-0.3, -0.25) is 9.52 Å². The fraction of sp³-hybridized carbons (Fsp3) is 0.200. The second-order valence-electron chi connectivity index (χ2n) is 7.60. The van der Waals surface area contributed by atoms with Crippen molar-refractivity contribution < 1.29 is 17.9 Å². The number of anilines is 1. The van der Waals surface area contributed by atoms with Crippen molar-refractivity contribution in [2.75, 3.05) is 11.3 Å². The molecule has 3 aromatic rings. The van der Waals surface area contributed by atoms with E-state index in [1.54, 1.807) is 36.4 Å². The molecule has 3 aromatic carbocycles. The number of carbonyl (C=O) groups excluding carboxylic acids is 1. The topological polar surface area (TPSA) is 88.1 Å². The van der Waals surface area contributed by atoms with E-state index in [1.807, 2.05) is 37.3 Å². The number of sulfonamides is 1. The summed E-state index contributed by atoms with van der Waals surface area (Å²) in [4.78, 5) is 12.5. The van der Waals surface area contributed by atoms with Crippen LogP contribution in [-0.2, 0) is 14.8 Å². The zero-order valence-electron chi connectivity index (χ0n) is 18.4. The van der Waals surface area contributed by atoms with Crippen molar-refractivity contribution >= 4 is 27.3 Å². The van der Waals surface area contributed by atoms with E-state index < -0.39 is 10.0 Å². The molecule has 4 rings (SSSR count). The van der Waals surface area contributed by atoms with Crippen molar-refractivity contribution in [3.63, 3.8) is 0 Å². The van der Waals surface area contributed by atoms with Crippen LogP contribution in [-0.4, -0.2) is 31.7 Å². The maximum Gasteiger partial charge on any atom is 0.261 e. The normalized spacial score (nSPS) is 15.8. The van der Waals surface area contributed by atoms with Gasteiger partial charge in [0.2, 0.25) is 5.91 Å². The summed E-state index contributed by atoms with van der Waals surface area (Å²) >= 11 is 0. The van der Waals surface area contributed by atoms with Crippen LogP contribution in [0.4, 0.5) is 5.69 Å². The Balaban J connectivity index is 1.64. The summed E-state index contributed by atoms with van der Waals surface area (Å²) in [6.07, 6.45) is 0.456. The third-order valence-corrected chi connectivity index (χ3v) is 6.73. The highest BCUT2D eigenvalue weighted by atomic mass is 32.2. The van der Waals surface area contributed by atoms with Crippen LogP contribution in [0.5, 0.6) is 5.75 Å². The van der Waals surface area contributed by atoms with E-state index in [2.05, 4.69) is 9.82 Å². The molecule has 0 fully saturated rings. The second kappa shape index (κ2) is 9.46. The Kier molecular flexibility index (Phi) is 6.46. The number of hydrogen-bond acceptors (Lipinski definition) is 5. The van der Waals surface area contributed by atoms with Gasteiger partial charge in [0.15, 0.2) is 0 Å². The molecule has 1 atom stereocenters. The van der Waals surface area contributed by atoms with Gasteiger partial charge < -0.3 is 4.74 Å². The van der Waals surface area contributed by atoms with Crippen LogP contribution in [0.15, 0.2) is 88.9 Å². The molecule has 1 N–H and O–H groups in total. The summed E-state index contributed by atoms with van der Waals surface area (Å²) in [5.74, 6) is 0.571. The number of para-hydroxylation sites is 1. The van der Waals surface area contributed by atoms with Gasteiger partial charge in [-0.05, 0) is 42.8 Å². The summed E-state index contributed by atoms with van der Waals surface area (Å²) < 4.78 is 34.0. The first-order chi connectivity index (χ1) is 15.9. The molecule has 1 aliphatic rings. The minimum absolute atomic E-state index is 0.172. The third kappa shape index (κ3) is 4.90. The van der Waals surface area contributed by atoms with Crippen LogP contribution in [0.2, 0.25) is 0 Å². The number of rotatable bonds is 7. The number of amides is 1. The first kappa shape index (κ1) is 22.5. The maximum absolute atomic E-state index is 12.9. The molecule has 0 bridgehead atoms. The zero-order chi connectivity index (χ0) is 23.4. The maximum atomic E-state index is 12.9. The molecule has 0 saturated heterocycles. The summed E-state index contributed by atoms with van der Waals surface area (Å²) in [6, 6.07) is 22.6. The van der Waals surface area contributed by atoms with Crippen LogP contribution < -0.4 is 9.46 Å². The van der Waals surface area contributed by atoms with E-state index >= 15 is 0 Å². The fourth-order valence-corrected chi connectivity index (χ4v) is 4.90. The molecule has 7 nitrogen and oxygen atoms in total. The van der Waals surface area contributed by atoms with Crippen LogP contribution in [0.1, 0.15) is 37.4 Å². The van der Waals surface area contributed by atoms with Gasteiger partial charge >= 0.3 is 0 Å². The molecule has 1 heterocycles. The van der Waals surface area contributed by atoms with E-state index in [9.17, 15) is 13.2 Å². The summed E-state index contributed by atoms with van der Waals surface area (Å²) in [6.45, 7) is 3.97. The molecule has 1 aliphatic heterocycles. The SMILES string of the molecule is CCOc1ccc([C@@H]2CC(c3ccccc3NS(=O)(=O)c3ccccc3)=NN2C(C)=O)cc1. The van der Waals surface area contributed by atoms with E-state index in [0.717, 1.165) is 11.3 Å². The molecule has 1 amide bonds. The Labute approximate surface area is 193 Å². The lowest BCUT2D eigenvalue weighted by Crippen LogP contribution is -2.24. The fourth-order valence-electron chi connectivity index (χ4n) is 3.80. The molecule has 0 aromatic heterocycles. The van der Waals surface area contributed by atoms with Crippen LogP contribution in [0.25, 0.3) is 0 Å². The number of ether oxygens (including phenoxy) is 1. The van der Waals surface area contributed by atoms with Gasteiger partial charge in [-0.2, -0.15) is 5.10 Å². The largest absolute Gasteiger partial charge is 0.494 e. The van der Waals surface area contributed by atoms with Gasteiger partial charge in [0.05, 0.1) is 28.9 Å². The van der Waals surface area contributed by atoms with Crippen molar-refractivity contribution in [2.45, 2.75) is 31.2 Å². The second-order valence-corrected chi connectivity index (χ2v) is 9.28. The number of nitrogens with zero attached hydrogens (tertiary/aromatic N) is 2. The highest BCUT2D eigenvalue weighted by molar-refractivity contribution is 7.92. The Morgan fingerprint density at radius 2 is 1.70 bits per heavy atom. The van der Waals surface area contributed by atoms with Gasteiger partial charge in [0.1, 0.15) is 5.75 Å². The van der Waals surface area contributed by atoms with Gasteiger partial charge in [-0.25, -0.2) is 13.4 Å². The van der Waals surface area contributed by atoms with E-state index in [1.165, 1.54) is 24.1 Å². The highest BCUT2D eigenvalue weighted by Gasteiger charge is 2.32. The molecule has 0 aliphatic carbocycles. The average Bonchev–Trinajstić information content (AvgIpc) is 3.26. The molecular weight excluding hydrogens is 438 g/mol. The van der Waals surface area contributed by atoms with Gasteiger partial charge in [0, 0.05) is 18.9 Å². The molecular formula is C25H25N3O4S. The zero-order valence-corrected chi connectivity index (χ0v) is 19.2. The molecule has 0 spiro atoms. The Hall–Kier alpha value is -3.65. The summed E-state index contributed by atoms with van der Waals surface area (Å²) in [5, 5.41) is 6.02. The lowest BCUT2D eigenvalue weighted by atomic mass is 9.97. The first-order valence-corrected chi connectivity index (χ1v) is 12.1. The average molecular weight is 464 g/mol. The van der Waals surface area contributed by atoms with Gasteiger partial charge in [-0.1, -0.05) is 48.5 Å². The van der Waals surface area contributed by atoms with Crippen molar-refractivity contribution in [1.82, 2.24) is 5.01 Å². The molecule has 8 heteroatoms. The number of benzene rings is 3. The predicted molar refractivity (Wildman–Crippen MR) is 128 cm³/mol. The smallest absolute Gasteiger partial charge is 0.261 e. The van der Waals surface area contributed by atoms with Crippen LogP contribution in [0.3, 0.4) is 0 Å². The Morgan fingerprint density at radius 1 is 1.03 bits per heavy atom. The lowest BCUT2D eigenvalue weighted by molar-refractivity contribution is -0.130. The first-order valence-electron chi connectivity index (χ1n) is 10.7. The predicted octanol–water partition coefficient (Wildman–Crippen LogP) is 4.58. The van der Waals surface area contributed by atoms with Gasteiger partial charge in [-0.15, -0.1) is 0 Å². The van der Waals surface area contributed by atoms with E-state index in [-0.39, 0.29) is 16.8 Å². The van der Waals surface area contributed by atoms with Crippen molar-refractivity contribution in [2.24, 2.45) is 5.10 Å². The quantitative estimate of drug-likeness (QED) is 0.555. The third-order valence-electron chi connectivity index (χ3n) is 5.34. The minimum Gasteiger partial charge on any atom is -0.494 e. The van der Waals surface area contributed by atoms with Crippen LogP contribution in [0, 0.1) is 0 Å². The Bertz CT molecular complexity index is 1270. The Morgan fingerprint density at radius 3 is 2.36 bits per heavy atom. The molecule has 0 saturated carbocycles. The van der Waals surface area contributed by atoms with Crippen molar-refractivity contribution in [1.29, 1.82) is 0 Å². The van der Waals surface area contributed by atoms with Crippen LogP contribution >= 0.6 is 0 Å². The van der Waals surface area contributed by atoms with Crippen molar-refractivity contribution in [3.05, 3.63) is 90.0 Å². The van der Waals surface area contributed by atoms with E-state index in [0.29, 0.717) is 30.0 Å². The van der Waals surface area contributed by atoms with Gasteiger partial charge in [0.25, 0.3) is 10.0 Å². The molecule has 33 heavy (non-hydrogen) atoms. The monoisotopic (exact) mass is 463 g/mol. The minimum atomic E-state index is -3.77. The van der Waals surface area contributed by atoms with E-state index in [4.69, 9.17) is 4.74 Å². The summed E-state index contributed by atoms with van der Waals surface area (Å²) in [7, 11) is -3.77. The number of carbonyl (C=O) groups is 1. The molecule has 0 unspecified atom stereocenters. The standard InChI is InChI=1S/C25H25N3O4S/c1-3-32-20-15-13-19(14-16-20)25-17-24(26-28(25)18(2)29)22-11-7-8-12-23(22)27-33(30,31)21-9-5-4-6-10-21/h4-16,25,27H,3,17H2,1-2H3/t25-/m0/s1. The van der Waals surface area contributed by atoms with Crippen molar-refractivity contribution in [3.8, 4) is 5.75 Å². The summed E-state index contributed by atoms with van der Waals surface area (Å²) in [5.41, 5.74) is 2.61. The highest BCUT2D eigenvalue weighted by Crippen LogP contribution is 2.35. The number of nitrogens with one attached hydrogen (secondary N) is 1.